The van der Waals surface area contributed by atoms with Crippen molar-refractivity contribution in [1.29, 1.82) is 0 Å². The number of hydrogen-bond donors (Lipinski definition) is 8. The van der Waals surface area contributed by atoms with Crippen molar-refractivity contribution in [2.45, 2.75) is 0 Å². The number of hydrazine groups is 1. The van der Waals surface area contributed by atoms with Crippen molar-refractivity contribution < 1.29 is 38.8 Å². The van der Waals surface area contributed by atoms with Crippen LogP contribution in [0.25, 0.3) is 0 Å². The zero-order valence-electron chi connectivity index (χ0n) is 9.79. The highest BCUT2D eigenvalue weighted by molar-refractivity contribution is 7.59. The Morgan fingerprint density at radius 3 is 1.90 bits per heavy atom. The van der Waals surface area contributed by atoms with Crippen LogP contribution in [0.2, 0.25) is 0 Å². The fraction of sp³-hybridized carbons (Fsp3) is 0.200. The summed E-state index contributed by atoms with van der Waals surface area (Å²) in [4.78, 5) is 46.9. The third-order valence-corrected chi connectivity index (χ3v) is 2.79. The molecule has 0 aliphatic carbocycles. The van der Waals surface area contributed by atoms with Gasteiger partial charge in [0.25, 0.3) is 0 Å². The predicted molar refractivity (Wildman–Crippen MR) is 60.3 cm³/mol. The summed E-state index contributed by atoms with van der Waals surface area (Å²) in [7, 11) is -3.42. The monoisotopic (exact) mass is 314 g/mol. The lowest BCUT2D eigenvalue weighted by Gasteiger charge is -2.19. The highest BCUT2D eigenvalue weighted by Gasteiger charge is 2.29. The highest BCUT2D eigenvalue weighted by atomic mass is 31.2. The Morgan fingerprint density at radius 1 is 0.900 bits per heavy atom. The van der Waals surface area contributed by atoms with Gasteiger partial charge in [0.05, 0.1) is 7.11 Å². The second-order valence-corrected chi connectivity index (χ2v) is 4.66. The van der Waals surface area contributed by atoms with Gasteiger partial charge in [-0.1, -0.05) is 0 Å². The second kappa shape index (κ2) is 7.65. The van der Waals surface area contributed by atoms with Crippen molar-refractivity contribution in [2.24, 2.45) is 0 Å². The van der Waals surface area contributed by atoms with Gasteiger partial charge >= 0.3 is 31.8 Å². The van der Waals surface area contributed by atoms with Crippen LogP contribution in [0.1, 0.15) is 0 Å². The van der Waals surface area contributed by atoms with Crippen LogP contribution in [-0.4, -0.2) is 41.6 Å². The summed E-state index contributed by atoms with van der Waals surface area (Å²) in [6.45, 7) is 0. The van der Waals surface area contributed by atoms with Gasteiger partial charge in [0.1, 0.15) is 0 Å². The second-order valence-electron chi connectivity index (χ2n) is 2.77. The number of carbonyl (C=O) groups is 4. The van der Waals surface area contributed by atoms with E-state index in [1.165, 1.54) is 21.0 Å². The number of hydrogen-bond acceptors (Lipinski definition) is 6. The van der Waals surface area contributed by atoms with E-state index in [2.05, 4.69) is 4.84 Å². The fourth-order valence-electron chi connectivity index (χ4n) is 0.758. The lowest BCUT2D eigenvalue weighted by Crippen LogP contribution is -2.50. The fourth-order valence-corrected chi connectivity index (χ4v) is 1.87. The molecule has 0 rings (SSSR count). The number of hydroxylamine groups is 1. The Kier molecular flexibility index (Phi) is 6.61. The van der Waals surface area contributed by atoms with Crippen LogP contribution in [0.5, 0.6) is 0 Å². The molecule has 1 atom stereocenters. The Bertz CT molecular complexity index is 453. The first-order valence-corrected chi connectivity index (χ1v) is 6.19. The lowest BCUT2D eigenvalue weighted by molar-refractivity contribution is 0.110. The topological polar surface area (TPSA) is 207 Å². The number of carboxylic acid groups (broad SMARTS) is 2. The minimum Gasteiger partial charge on any atom is -0.465 e. The number of nitrogens with one attached hydrogen (secondary N) is 6. The van der Waals surface area contributed by atoms with Crippen LogP contribution >= 0.6 is 7.59 Å². The predicted octanol–water partition coefficient (Wildman–Crippen LogP) is -1.30. The van der Waals surface area contributed by atoms with Crippen molar-refractivity contribution in [3.05, 3.63) is 0 Å². The first-order valence-electron chi connectivity index (χ1n) is 4.48. The summed E-state index contributed by atoms with van der Waals surface area (Å²) < 4.78 is 11.9. The molecule has 0 aromatic carbocycles. The molecule has 0 aromatic rings. The minimum absolute atomic E-state index is 1.05. The first-order chi connectivity index (χ1) is 9.18. The number of amides is 6. The molecular weight excluding hydrogens is 303 g/mol. The van der Waals surface area contributed by atoms with Crippen molar-refractivity contribution in [3.63, 3.8) is 0 Å². The molecule has 0 aliphatic rings. The average molecular weight is 314 g/mol. The Hall–Kier alpha value is -2.73. The molecule has 0 spiro atoms. The summed E-state index contributed by atoms with van der Waals surface area (Å²) in [5, 5.41) is 21.1. The summed E-state index contributed by atoms with van der Waals surface area (Å²) in [5.74, 6) is 0. The molecule has 0 saturated carbocycles. The Morgan fingerprint density at radius 2 is 1.45 bits per heavy atom. The normalized spacial score (nSPS) is 12.2. The van der Waals surface area contributed by atoms with Gasteiger partial charge in [0.15, 0.2) is 0 Å². The number of urea groups is 2. The number of carbonyl (C=O) groups excluding carboxylic acids is 2. The molecule has 20 heavy (non-hydrogen) atoms. The van der Waals surface area contributed by atoms with Crippen LogP contribution in [0.3, 0.4) is 0 Å². The van der Waals surface area contributed by atoms with E-state index in [0.717, 1.165) is 7.11 Å². The van der Waals surface area contributed by atoms with E-state index in [1.54, 1.807) is 10.6 Å². The van der Waals surface area contributed by atoms with Gasteiger partial charge in [-0.2, -0.15) is 0 Å². The molecule has 0 saturated heterocycles. The van der Waals surface area contributed by atoms with Gasteiger partial charge in [0, 0.05) is 0 Å². The van der Waals surface area contributed by atoms with Gasteiger partial charge in [-0.05, 0) is 0 Å². The molecule has 0 heterocycles. The average Bonchev–Trinajstić information content (AvgIpc) is 2.24. The molecule has 8 N–H and O–H groups in total. The summed E-state index contributed by atoms with van der Waals surface area (Å²) in [6, 6.07) is -2.61. The van der Waals surface area contributed by atoms with E-state index in [0.29, 0.717) is 0 Å². The lowest BCUT2D eigenvalue weighted by atomic mass is 11.1. The van der Waals surface area contributed by atoms with E-state index in [9.17, 15) is 23.7 Å². The molecule has 14 nitrogen and oxygen atoms in total. The van der Waals surface area contributed by atoms with Crippen LogP contribution in [0.15, 0.2) is 0 Å². The van der Waals surface area contributed by atoms with E-state index in [-0.39, 0.29) is 0 Å². The maximum absolute atomic E-state index is 11.9. The third kappa shape index (κ3) is 7.57. The van der Waals surface area contributed by atoms with E-state index in [4.69, 9.17) is 10.2 Å². The maximum atomic E-state index is 11.9. The largest absolute Gasteiger partial charge is 0.465 e. The van der Waals surface area contributed by atoms with Crippen molar-refractivity contribution in [1.82, 2.24) is 31.6 Å². The Balaban J connectivity index is 4.73. The van der Waals surface area contributed by atoms with E-state index < -0.39 is 31.8 Å². The van der Waals surface area contributed by atoms with E-state index >= 15 is 0 Å². The van der Waals surface area contributed by atoms with E-state index in [1.807, 2.05) is 0 Å². The summed E-state index contributed by atoms with van der Waals surface area (Å²) in [6.07, 6.45) is -3.45. The first kappa shape index (κ1) is 17.3. The maximum Gasteiger partial charge on any atom is 0.423 e. The molecule has 0 fully saturated rings. The summed E-state index contributed by atoms with van der Waals surface area (Å²) in [5.41, 5.74) is 4.57. The Labute approximate surface area is 110 Å². The van der Waals surface area contributed by atoms with Gasteiger partial charge < -0.3 is 10.2 Å². The molecule has 6 amide bonds. The SMILES string of the molecule is CONC(=O)NP(=O)(NC(=O)O)NC(=O)NNC(=O)O. The smallest absolute Gasteiger partial charge is 0.423 e. The van der Waals surface area contributed by atoms with Crippen LogP contribution < -0.4 is 31.6 Å². The third-order valence-electron chi connectivity index (χ3n) is 1.25. The quantitative estimate of drug-likeness (QED) is 0.230. The zero-order valence-corrected chi connectivity index (χ0v) is 10.7. The van der Waals surface area contributed by atoms with Crippen LogP contribution in [0, 0.1) is 0 Å². The van der Waals surface area contributed by atoms with Gasteiger partial charge in [-0.25, -0.2) is 45.2 Å². The van der Waals surface area contributed by atoms with Crippen molar-refractivity contribution in [2.75, 3.05) is 7.11 Å². The van der Waals surface area contributed by atoms with Gasteiger partial charge in [-0.3, -0.25) is 15.0 Å². The number of rotatable bonds is 4. The standard InChI is InChI=1S/C5H11N6O8P/c1-19-8-3(13)10-20(18,11-5(16)17)9-2(12)6-7-4(14)15/h7H,1H3,(H,14,15)(H,16,17)(H5,6,8,9,10,11,12,13,18). The van der Waals surface area contributed by atoms with Gasteiger partial charge in [0.2, 0.25) is 0 Å². The molecular formula is C5H11N6O8P. The summed E-state index contributed by atoms with van der Waals surface area (Å²) >= 11 is 0. The van der Waals surface area contributed by atoms with Crippen LogP contribution in [0.4, 0.5) is 19.2 Å². The molecule has 1 unspecified atom stereocenters. The molecule has 0 radical (unpaired) electrons. The van der Waals surface area contributed by atoms with Crippen molar-refractivity contribution in [3.8, 4) is 0 Å². The molecule has 0 aliphatic heterocycles. The minimum atomic E-state index is -4.46. The molecule has 114 valence electrons. The molecule has 0 bridgehead atoms. The molecule has 0 aromatic heterocycles. The van der Waals surface area contributed by atoms with Gasteiger partial charge in [-0.15, -0.1) is 0 Å². The molecule has 15 heteroatoms. The van der Waals surface area contributed by atoms with Crippen molar-refractivity contribution >= 4 is 31.8 Å². The zero-order chi connectivity index (χ0) is 15.8. The highest BCUT2D eigenvalue weighted by Crippen LogP contribution is 2.29. The van der Waals surface area contributed by atoms with Crippen LogP contribution in [-0.2, 0) is 9.40 Å².